The van der Waals surface area contributed by atoms with Gasteiger partial charge in [0, 0.05) is 54.3 Å². The Bertz CT molecular complexity index is 1130. The zero-order chi connectivity index (χ0) is 24.5. The van der Waals surface area contributed by atoms with Crippen molar-refractivity contribution in [1.29, 1.82) is 5.26 Å². The fourth-order valence-electron chi connectivity index (χ4n) is 4.37. The summed E-state index contributed by atoms with van der Waals surface area (Å²) in [5, 5.41) is 9.30. The van der Waals surface area contributed by atoms with Crippen molar-refractivity contribution in [2.24, 2.45) is 0 Å². The van der Waals surface area contributed by atoms with Gasteiger partial charge in [-0.25, -0.2) is 9.18 Å². The molecule has 0 atom stereocenters. The minimum Gasteiger partial charge on any atom is -0.444 e. The molecule has 2 aliphatic rings. The van der Waals surface area contributed by atoms with E-state index in [1.807, 2.05) is 31.7 Å². The van der Waals surface area contributed by atoms with Gasteiger partial charge in [-0.15, -0.1) is 0 Å². The lowest BCUT2D eigenvalue weighted by molar-refractivity contribution is 0.0142. The van der Waals surface area contributed by atoms with E-state index < -0.39 is 11.4 Å². The van der Waals surface area contributed by atoms with Crippen molar-refractivity contribution in [3.8, 4) is 17.2 Å². The second kappa shape index (κ2) is 9.41. The third-order valence-electron chi connectivity index (χ3n) is 6.13. The Kier molecular flexibility index (Phi) is 6.56. The number of likely N-dealkylation sites (tertiary alicyclic amines) is 1. The molecule has 8 heteroatoms. The number of benzene rings is 1. The van der Waals surface area contributed by atoms with E-state index in [1.54, 1.807) is 23.1 Å². The lowest BCUT2D eigenvalue weighted by Gasteiger charge is -2.39. The number of carbonyl (C=O) groups excluding carboxylic acids is 2. The van der Waals surface area contributed by atoms with E-state index in [-0.39, 0.29) is 40.8 Å². The van der Waals surface area contributed by atoms with Crippen LogP contribution in [0.2, 0.25) is 0 Å². The molecule has 34 heavy (non-hydrogen) atoms. The molecule has 2 heterocycles. The number of nitriles is 1. The molecule has 1 aliphatic heterocycles. The molecule has 1 aliphatic carbocycles. The standard InChI is InChI=1S/C26H29FN4O3/c1-26(2,3)34-25(33)30-12-9-20(10-13-30)31(19-5-6-19)24(32)17-4-7-22(23(27)14-17)21-8-11-29-16-18(21)15-28/h4,7-8,11,14,16,19-20H,5-6,9-10,12-13H2,1-3H3. The number of hydrogen-bond donors (Lipinski definition) is 0. The molecule has 1 saturated carbocycles. The van der Waals surface area contributed by atoms with Crippen LogP contribution in [0, 0.1) is 17.1 Å². The summed E-state index contributed by atoms with van der Waals surface area (Å²) in [5.74, 6) is -0.747. The summed E-state index contributed by atoms with van der Waals surface area (Å²) in [5.41, 5.74) is 0.721. The number of aromatic nitrogens is 1. The molecule has 2 fully saturated rings. The van der Waals surface area contributed by atoms with Gasteiger partial charge in [0.2, 0.25) is 0 Å². The topological polar surface area (TPSA) is 86.5 Å². The molecule has 0 bridgehead atoms. The Morgan fingerprint density at radius 3 is 2.38 bits per heavy atom. The van der Waals surface area contributed by atoms with Crippen LogP contribution in [0.3, 0.4) is 0 Å². The van der Waals surface area contributed by atoms with Crippen molar-refractivity contribution >= 4 is 12.0 Å². The van der Waals surface area contributed by atoms with Gasteiger partial charge in [0.15, 0.2) is 0 Å². The van der Waals surface area contributed by atoms with Gasteiger partial charge < -0.3 is 14.5 Å². The van der Waals surface area contributed by atoms with Crippen LogP contribution < -0.4 is 0 Å². The Morgan fingerprint density at radius 1 is 1.12 bits per heavy atom. The third kappa shape index (κ3) is 5.19. The predicted molar refractivity (Wildman–Crippen MR) is 124 cm³/mol. The molecule has 2 amide bonds. The second-order valence-corrected chi connectivity index (χ2v) is 9.87. The number of hydrogen-bond acceptors (Lipinski definition) is 5. The number of nitrogens with zero attached hydrogens (tertiary/aromatic N) is 4. The fourth-order valence-corrected chi connectivity index (χ4v) is 4.37. The predicted octanol–water partition coefficient (Wildman–Crippen LogP) is 4.76. The number of rotatable bonds is 4. The van der Waals surface area contributed by atoms with Crippen molar-refractivity contribution in [3.63, 3.8) is 0 Å². The highest BCUT2D eigenvalue weighted by Gasteiger charge is 2.40. The van der Waals surface area contributed by atoms with Gasteiger partial charge in [0.05, 0.1) is 5.56 Å². The van der Waals surface area contributed by atoms with Crippen molar-refractivity contribution in [1.82, 2.24) is 14.8 Å². The minimum atomic E-state index is -0.552. The zero-order valence-corrected chi connectivity index (χ0v) is 19.8. The lowest BCUT2D eigenvalue weighted by atomic mass is 9.98. The first-order valence-corrected chi connectivity index (χ1v) is 11.6. The number of piperidine rings is 1. The smallest absolute Gasteiger partial charge is 0.410 e. The zero-order valence-electron chi connectivity index (χ0n) is 19.8. The van der Waals surface area contributed by atoms with Crippen molar-refractivity contribution in [3.05, 3.63) is 53.6 Å². The summed E-state index contributed by atoms with van der Waals surface area (Å²) in [6.07, 6.45) is 5.75. The molecule has 2 aromatic rings. The quantitative estimate of drug-likeness (QED) is 0.651. The van der Waals surface area contributed by atoms with Gasteiger partial charge in [-0.2, -0.15) is 5.26 Å². The van der Waals surface area contributed by atoms with Gasteiger partial charge in [0.1, 0.15) is 17.5 Å². The molecule has 1 aromatic carbocycles. The number of halogens is 1. The second-order valence-electron chi connectivity index (χ2n) is 9.87. The average Bonchev–Trinajstić information content (AvgIpc) is 3.63. The van der Waals surface area contributed by atoms with Crippen LogP contribution >= 0.6 is 0 Å². The number of pyridine rings is 1. The van der Waals surface area contributed by atoms with E-state index in [9.17, 15) is 14.9 Å². The SMILES string of the molecule is CC(C)(C)OC(=O)N1CCC(N(C(=O)c2ccc(-c3ccncc3C#N)c(F)c2)C2CC2)CC1. The van der Waals surface area contributed by atoms with E-state index in [1.165, 1.54) is 18.5 Å². The summed E-state index contributed by atoms with van der Waals surface area (Å²) < 4.78 is 20.5. The van der Waals surface area contributed by atoms with Crippen LogP contribution in [0.4, 0.5) is 9.18 Å². The van der Waals surface area contributed by atoms with E-state index >= 15 is 4.39 Å². The van der Waals surface area contributed by atoms with Crippen LogP contribution in [-0.2, 0) is 4.74 Å². The molecule has 1 aromatic heterocycles. The molecule has 0 N–H and O–H groups in total. The van der Waals surface area contributed by atoms with Gasteiger partial charge in [0.25, 0.3) is 5.91 Å². The van der Waals surface area contributed by atoms with E-state index in [2.05, 4.69) is 4.98 Å². The fraction of sp³-hybridized carbons (Fsp3) is 0.462. The average molecular weight is 465 g/mol. The van der Waals surface area contributed by atoms with E-state index in [0.29, 0.717) is 31.5 Å². The highest BCUT2D eigenvalue weighted by atomic mass is 19.1. The molecule has 4 rings (SSSR count). The van der Waals surface area contributed by atoms with Crippen LogP contribution in [0.1, 0.15) is 62.4 Å². The summed E-state index contributed by atoms with van der Waals surface area (Å²) >= 11 is 0. The summed E-state index contributed by atoms with van der Waals surface area (Å²) in [6.45, 7) is 6.55. The first-order chi connectivity index (χ1) is 16.2. The van der Waals surface area contributed by atoms with Gasteiger partial charge in [-0.3, -0.25) is 9.78 Å². The summed E-state index contributed by atoms with van der Waals surface area (Å²) in [4.78, 5) is 33.3. The largest absolute Gasteiger partial charge is 0.444 e. The summed E-state index contributed by atoms with van der Waals surface area (Å²) in [6, 6.07) is 8.18. The molecule has 178 valence electrons. The van der Waals surface area contributed by atoms with Crippen LogP contribution in [-0.4, -0.2) is 57.6 Å². The first-order valence-electron chi connectivity index (χ1n) is 11.6. The number of amides is 2. The van der Waals surface area contributed by atoms with Gasteiger partial charge in [-0.1, -0.05) is 6.07 Å². The molecule has 0 unspecified atom stereocenters. The normalized spacial score (nSPS) is 16.6. The minimum absolute atomic E-state index is 0.00758. The number of carbonyl (C=O) groups is 2. The van der Waals surface area contributed by atoms with Gasteiger partial charge >= 0.3 is 6.09 Å². The van der Waals surface area contributed by atoms with E-state index in [0.717, 1.165) is 12.8 Å². The van der Waals surface area contributed by atoms with Crippen molar-refractivity contribution < 1.29 is 18.7 Å². The molecule has 0 spiro atoms. The Morgan fingerprint density at radius 2 is 1.79 bits per heavy atom. The monoisotopic (exact) mass is 464 g/mol. The summed E-state index contributed by atoms with van der Waals surface area (Å²) in [7, 11) is 0. The highest BCUT2D eigenvalue weighted by Crippen LogP contribution is 2.34. The maximum Gasteiger partial charge on any atom is 0.410 e. The van der Waals surface area contributed by atoms with Crippen molar-refractivity contribution in [2.45, 2.75) is 64.1 Å². The number of ether oxygens (including phenoxy) is 1. The maximum absolute atomic E-state index is 15.1. The van der Waals surface area contributed by atoms with Gasteiger partial charge in [-0.05, 0) is 64.7 Å². The van der Waals surface area contributed by atoms with Crippen LogP contribution in [0.25, 0.3) is 11.1 Å². The highest BCUT2D eigenvalue weighted by molar-refractivity contribution is 5.95. The Labute approximate surface area is 199 Å². The van der Waals surface area contributed by atoms with Crippen LogP contribution in [0.5, 0.6) is 0 Å². The molecule has 0 radical (unpaired) electrons. The molecular formula is C26H29FN4O3. The van der Waals surface area contributed by atoms with Crippen molar-refractivity contribution in [2.75, 3.05) is 13.1 Å². The first kappa shape index (κ1) is 23.7. The van der Waals surface area contributed by atoms with E-state index in [4.69, 9.17) is 4.74 Å². The maximum atomic E-state index is 15.1. The Balaban J connectivity index is 1.49. The molecule has 7 nitrogen and oxygen atoms in total. The van der Waals surface area contributed by atoms with Crippen LogP contribution in [0.15, 0.2) is 36.7 Å². The third-order valence-corrected chi connectivity index (χ3v) is 6.13. The molecular weight excluding hydrogens is 435 g/mol. The Hall–Kier alpha value is -3.47. The lowest BCUT2D eigenvalue weighted by Crippen LogP contribution is -2.50. The molecule has 1 saturated heterocycles.